The Hall–Kier alpha value is -2.46. The fourth-order valence-electron chi connectivity index (χ4n) is 2.84. The molecule has 1 aliphatic heterocycles. The van der Waals surface area contributed by atoms with Crippen LogP contribution in [-0.2, 0) is 9.47 Å². The summed E-state index contributed by atoms with van der Waals surface area (Å²) in [6, 6.07) is 2.28. The van der Waals surface area contributed by atoms with Crippen molar-refractivity contribution < 1.29 is 28.7 Å². The van der Waals surface area contributed by atoms with Gasteiger partial charge in [-0.15, -0.1) is 0 Å². The van der Waals surface area contributed by atoms with Crippen molar-refractivity contribution >= 4 is 11.8 Å². The summed E-state index contributed by atoms with van der Waals surface area (Å²) >= 11 is 0. The van der Waals surface area contributed by atoms with Crippen LogP contribution in [0.1, 0.15) is 25.5 Å². The van der Waals surface area contributed by atoms with Gasteiger partial charge < -0.3 is 24.8 Å². The van der Waals surface area contributed by atoms with Crippen LogP contribution in [0.25, 0.3) is 0 Å². The minimum Gasteiger partial charge on any atom is -0.446 e. The Kier molecular flexibility index (Phi) is 7.94. The SMILES string of the molecule is CC(C)CNC(=O)OCC(O)C(c1ccc(N2CCOCC2)c(F)c1)[N+](=O)[O-]. The van der Waals surface area contributed by atoms with E-state index in [1.807, 2.05) is 13.8 Å². The first-order valence-electron chi connectivity index (χ1n) is 9.14. The topological polar surface area (TPSA) is 114 Å². The predicted octanol–water partition coefficient (Wildman–Crippen LogP) is 1.72. The van der Waals surface area contributed by atoms with E-state index < -0.39 is 35.6 Å². The average Bonchev–Trinajstić information content (AvgIpc) is 2.65. The summed E-state index contributed by atoms with van der Waals surface area (Å²) in [5, 5.41) is 24.1. The third-order valence-corrected chi connectivity index (χ3v) is 4.30. The lowest BCUT2D eigenvalue weighted by molar-refractivity contribution is -0.541. The summed E-state index contributed by atoms with van der Waals surface area (Å²) < 4.78 is 24.6. The second kappa shape index (κ2) is 10.2. The zero-order valence-corrected chi connectivity index (χ0v) is 16.0. The average molecular weight is 399 g/mol. The normalized spacial score (nSPS) is 16.5. The van der Waals surface area contributed by atoms with Crippen molar-refractivity contribution in [2.24, 2.45) is 5.92 Å². The van der Waals surface area contributed by atoms with Gasteiger partial charge >= 0.3 is 6.09 Å². The van der Waals surface area contributed by atoms with Gasteiger partial charge in [-0.3, -0.25) is 10.1 Å². The number of anilines is 1. The van der Waals surface area contributed by atoms with Crippen LogP contribution in [0, 0.1) is 21.8 Å². The predicted molar refractivity (Wildman–Crippen MR) is 99.4 cm³/mol. The molecule has 0 saturated carbocycles. The van der Waals surface area contributed by atoms with Crippen LogP contribution in [-0.4, -0.2) is 61.7 Å². The van der Waals surface area contributed by atoms with Crippen molar-refractivity contribution in [1.29, 1.82) is 0 Å². The summed E-state index contributed by atoms with van der Waals surface area (Å²) in [6.07, 6.45) is -2.39. The van der Waals surface area contributed by atoms with Crippen molar-refractivity contribution in [3.8, 4) is 0 Å². The van der Waals surface area contributed by atoms with Crippen molar-refractivity contribution in [2.45, 2.75) is 26.0 Å². The molecule has 2 rings (SSSR count). The molecule has 9 nitrogen and oxygen atoms in total. The summed E-state index contributed by atoms with van der Waals surface area (Å²) in [5.74, 6) is -0.411. The highest BCUT2D eigenvalue weighted by Gasteiger charge is 2.34. The van der Waals surface area contributed by atoms with E-state index in [4.69, 9.17) is 9.47 Å². The molecule has 10 heteroatoms. The third kappa shape index (κ3) is 6.03. The Morgan fingerprint density at radius 1 is 1.43 bits per heavy atom. The largest absolute Gasteiger partial charge is 0.446 e. The molecular formula is C18H26FN3O6. The molecule has 0 spiro atoms. The lowest BCUT2D eigenvalue weighted by atomic mass is 10.0. The van der Waals surface area contributed by atoms with E-state index in [2.05, 4.69) is 5.32 Å². The summed E-state index contributed by atoms with van der Waals surface area (Å²) in [5.41, 5.74) is 0.325. The fraction of sp³-hybridized carbons (Fsp3) is 0.611. The lowest BCUT2D eigenvalue weighted by Gasteiger charge is -2.29. The maximum Gasteiger partial charge on any atom is 0.407 e. The number of carbonyl (C=O) groups is 1. The van der Waals surface area contributed by atoms with Crippen LogP contribution >= 0.6 is 0 Å². The molecule has 0 bridgehead atoms. The molecule has 28 heavy (non-hydrogen) atoms. The van der Waals surface area contributed by atoms with Crippen LogP contribution < -0.4 is 10.2 Å². The maximum absolute atomic E-state index is 14.5. The molecule has 1 fully saturated rings. The summed E-state index contributed by atoms with van der Waals surface area (Å²) in [7, 11) is 0. The van der Waals surface area contributed by atoms with E-state index in [9.17, 15) is 24.4 Å². The molecule has 1 aliphatic rings. The molecule has 0 radical (unpaired) electrons. The number of nitrogens with one attached hydrogen (secondary N) is 1. The van der Waals surface area contributed by atoms with Gasteiger partial charge in [0.25, 0.3) is 6.04 Å². The van der Waals surface area contributed by atoms with Crippen molar-refractivity contribution in [1.82, 2.24) is 5.32 Å². The monoisotopic (exact) mass is 399 g/mol. The molecule has 0 aromatic heterocycles. The van der Waals surface area contributed by atoms with Crippen LogP contribution in [0.3, 0.4) is 0 Å². The molecule has 2 N–H and O–H groups in total. The van der Waals surface area contributed by atoms with E-state index >= 15 is 0 Å². The number of alkyl carbamates (subject to hydrolysis) is 1. The molecular weight excluding hydrogens is 373 g/mol. The van der Waals surface area contributed by atoms with Crippen molar-refractivity contribution in [3.05, 3.63) is 39.7 Å². The number of halogens is 1. The fourth-order valence-corrected chi connectivity index (χ4v) is 2.84. The van der Waals surface area contributed by atoms with Gasteiger partial charge in [-0.1, -0.05) is 13.8 Å². The number of benzene rings is 1. The van der Waals surface area contributed by atoms with Gasteiger partial charge in [-0.25, -0.2) is 9.18 Å². The van der Waals surface area contributed by atoms with Gasteiger partial charge in [0.1, 0.15) is 12.4 Å². The van der Waals surface area contributed by atoms with E-state index in [-0.39, 0.29) is 11.5 Å². The quantitative estimate of drug-likeness (QED) is 0.505. The number of nitrogens with zero attached hydrogens (tertiary/aromatic N) is 2. The summed E-state index contributed by atoms with van der Waals surface area (Å²) in [4.78, 5) is 24.1. The maximum atomic E-state index is 14.5. The molecule has 156 valence electrons. The van der Waals surface area contributed by atoms with Gasteiger partial charge in [0.2, 0.25) is 0 Å². The van der Waals surface area contributed by atoms with Crippen LogP contribution in [0.4, 0.5) is 14.9 Å². The first-order chi connectivity index (χ1) is 13.3. The number of nitro groups is 1. The van der Waals surface area contributed by atoms with E-state index in [0.717, 1.165) is 6.07 Å². The molecule has 1 aromatic rings. The Balaban J connectivity index is 2.05. The number of rotatable bonds is 8. The molecule has 1 heterocycles. The van der Waals surface area contributed by atoms with Gasteiger partial charge in [-0.05, 0) is 24.1 Å². The third-order valence-electron chi connectivity index (χ3n) is 4.30. The first-order valence-corrected chi connectivity index (χ1v) is 9.14. The number of ether oxygens (including phenoxy) is 2. The second-order valence-electron chi connectivity index (χ2n) is 6.98. The number of amides is 1. The highest BCUT2D eigenvalue weighted by molar-refractivity contribution is 5.67. The lowest BCUT2D eigenvalue weighted by Crippen LogP contribution is -2.37. The Morgan fingerprint density at radius 3 is 2.68 bits per heavy atom. The number of hydrogen-bond acceptors (Lipinski definition) is 7. The number of aliphatic hydroxyl groups is 1. The zero-order chi connectivity index (χ0) is 20.7. The molecule has 1 amide bonds. The standard InChI is InChI=1S/C18H26FN3O6/c1-12(2)10-20-18(24)28-11-16(23)17(22(25)26)13-3-4-15(14(19)9-13)21-5-7-27-8-6-21/h3-4,9,12,16-17,23H,5-8,10-11H2,1-2H3,(H,20,24). The van der Waals surface area contributed by atoms with E-state index in [1.165, 1.54) is 12.1 Å². The Labute approximate surface area is 162 Å². The molecule has 2 unspecified atom stereocenters. The molecule has 2 atom stereocenters. The number of aliphatic hydroxyl groups excluding tert-OH is 1. The van der Waals surface area contributed by atoms with Crippen LogP contribution in [0.5, 0.6) is 0 Å². The zero-order valence-electron chi connectivity index (χ0n) is 16.0. The van der Waals surface area contributed by atoms with Crippen molar-refractivity contribution in [3.63, 3.8) is 0 Å². The highest BCUT2D eigenvalue weighted by Crippen LogP contribution is 2.27. The van der Waals surface area contributed by atoms with Crippen LogP contribution in [0.15, 0.2) is 18.2 Å². The van der Waals surface area contributed by atoms with Gasteiger partial charge in [0, 0.05) is 30.1 Å². The first kappa shape index (κ1) is 21.8. The summed E-state index contributed by atoms with van der Waals surface area (Å²) in [6.45, 7) is 5.60. The van der Waals surface area contributed by atoms with E-state index in [0.29, 0.717) is 38.5 Å². The van der Waals surface area contributed by atoms with Crippen molar-refractivity contribution in [2.75, 3.05) is 44.4 Å². The Morgan fingerprint density at radius 2 is 2.11 bits per heavy atom. The second-order valence-corrected chi connectivity index (χ2v) is 6.98. The number of carbonyl (C=O) groups excluding carboxylic acids is 1. The molecule has 1 aromatic carbocycles. The molecule has 1 saturated heterocycles. The highest BCUT2D eigenvalue weighted by atomic mass is 19.1. The van der Waals surface area contributed by atoms with E-state index in [1.54, 1.807) is 4.90 Å². The molecule has 0 aliphatic carbocycles. The minimum atomic E-state index is -1.62. The number of morpholine rings is 1. The van der Waals surface area contributed by atoms with Gasteiger partial charge in [0.05, 0.1) is 18.9 Å². The van der Waals surface area contributed by atoms with Crippen LogP contribution in [0.2, 0.25) is 0 Å². The minimum absolute atomic E-state index is 0.00167. The Bertz CT molecular complexity index is 681. The van der Waals surface area contributed by atoms with Gasteiger partial charge in [-0.2, -0.15) is 0 Å². The smallest absolute Gasteiger partial charge is 0.407 e. The van der Waals surface area contributed by atoms with Gasteiger partial charge in [0.15, 0.2) is 6.10 Å². The number of hydrogen-bond donors (Lipinski definition) is 2.